The average Bonchev–Trinajstić information content (AvgIpc) is 3.05. The zero-order chi connectivity index (χ0) is 23.3. The van der Waals surface area contributed by atoms with Gasteiger partial charge in [0.05, 0.1) is 17.9 Å². The SMILES string of the molecule is CC(=O)N(C)c1nc(-c2ccc(F)cc2)c(CC[C@@H](O)C[C@@H](O)CC(=O)[O-])n1C(C)C.[Na+]. The molecule has 0 aliphatic rings. The summed E-state index contributed by atoms with van der Waals surface area (Å²) in [4.78, 5) is 28.7. The van der Waals surface area contributed by atoms with Gasteiger partial charge in [-0.2, -0.15) is 0 Å². The molecule has 0 spiro atoms. The van der Waals surface area contributed by atoms with E-state index in [0.717, 1.165) is 5.69 Å². The fourth-order valence-electron chi connectivity index (χ4n) is 3.46. The van der Waals surface area contributed by atoms with Crippen molar-refractivity contribution in [3.05, 3.63) is 35.8 Å². The minimum absolute atomic E-state index is 0. The van der Waals surface area contributed by atoms with Gasteiger partial charge in [-0.15, -0.1) is 0 Å². The molecule has 0 saturated heterocycles. The normalized spacial score (nSPS) is 12.9. The molecule has 2 rings (SSSR count). The van der Waals surface area contributed by atoms with Crippen molar-refractivity contribution in [1.29, 1.82) is 0 Å². The Hall–Kier alpha value is -1.78. The summed E-state index contributed by atoms with van der Waals surface area (Å²) in [6.45, 7) is 5.31. The van der Waals surface area contributed by atoms with Crippen LogP contribution in [0, 0.1) is 5.82 Å². The second-order valence-electron chi connectivity index (χ2n) is 7.91. The Balaban J connectivity index is 0.00000512. The van der Waals surface area contributed by atoms with Gasteiger partial charge in [-0.3, -0.25) is 9.69 Å². The van der Waals surface area contributed by atoms with Crippen molar-refractivity contribution < 1.29 is 58.9 Å². The van der Waals surface area contributed by atoms with Crippen LogP contribution in [0.15, 0.2) is 24.3 Å². The van der Waals surface area contributed by atoms with Crippen molar-refractivity contribution in [3.8, 4) is 11.3 Å². The number of carbonyl (C=O) groups is 2. The molecular formula is C22H29FN3NaO5. The third-order valence-corrected chi connectivity index (χ3v) is 5.06. The summed E-state index contributed by atoms with van der Waals surface area (Å²) < 4.78 is 15.3. The summed E-state index contributed by atoms with van der Waals surface area (Å²) in [5, 5.41) is 30.7. The molecular weight excluding hydrogens is 428 g/mol. The fraction of sp³-hybridized carbons (Fsp3) is 0.500. The molecule has 0 unspecified atom stereocenters. The van der Waals surface area contributed by atoms with E-state index in [-0.39, 0.29) is 60.2 Å². The molecule has 0 bridgehead atoms. The van der Waals surface area contributed by atoms with Gasteiger partial charge in [0.1, 0.15) is 5.82 Å². The molecule has 10 heteroatoms. The minimum atomic E-state index is -1.38. The van der Waals surface area contributed by atoms with E-state index in [1.165, 1.54) is 24.0 Å². The number of amides is 1. The second-order valence-corrected chi connectivity index (χ2v) is 7.91. The zero-order valence-electron chi connectivity index (χ0n) is 19.2. The molecule has 0 aliphatic heterocycles. The van der Waals surface area contributed by atoms with Crippen molar-refractivity contribution in [3.63, 3.8) is 0 Å². The molecule has 1 heterocycles. The number of halogens is 1. The Morgan fingerprint density at radius 3 is 2.28 bits per heavy atom. The fourth-order valence-corrected chi connectivity index (χ4v) is 3.46. The number of hydrogen-bond donors (Lipinski definition) is 2. The van der Waals surface area contributed by atoms with Gasteiger partial charge >= 0.3 is 29.6 Å². The van der Waals surface area contributed by atoms with Gasteiger partial charge in [0, 0.05) is 43.7 Å². The molecule has 1 aromatic heterocycles. The topological polar surface area (TPSA) is 119 Å². The van der Waals surface area contributed by atoms with Gasteiger partial charge in [0.2, 0.25) is 11.9 Å². The second kappa shape index (κ2) is 12.5. The molecule has 0 saturated carbocycles. The molecule has 2 N–H and O–H groups in total. The van der Waals surface area contributed by atoms with Crippen molar-refractivity contribution in [2.24, 2.45) is 0 Å². The summed E-state index contributed by atoms with van der Waals surface area (Å²) in [5.41, 5.74) is 1.98. The van der Waals surface area contributed by atoms with Crippen LogP contribution in [0.2, 0.25) is 0 Å². The largest absolute Gasteiger partial charge is 1.00 e. The number of aliphatic hydroxyl groups is 2. The van der Waals surface area contributed by atoms with E-state index in [4.69, 9.17) is 0 Å². The summed E-state index contributed by atoms with van der Waals surface area (Å²) in [6, 6.07) is 5.79. The van der Waals surface area contributed by atoms with Crippen molar-refractivity contribution in [2.75, 3.05) is 11.9 Å². The first-order chi connectivity index (χ1) is 14.5. The predicted octanol–water partition coefficient (Wildman–Crippen LogP) is -1.56. The quantitative estimate of drug-likeness (QED) is 0.417. The summed E-state index contributed by atoms with van der Waals surface area (Å²) in [5.74, 6) is -1.53. The van der Waals surface area contributed by atoms with Crippen LogP contribution in [-0.4, -0.2) is 50.9 Å². The van der Waals surface area contributed by atoms with Crippen molar-refractivity contribution in [2.45, 2.75) is 64.7 Å². The van der Waals surface area contributed by atoms with Crippen molar-refractivity contribution >= 4 is 17.8 Å². The molecule has 0 radical (unpaired) electrons. The Morgan fingerprint density at radius 2 is 1.78 bits per heavy atom. The summed E-state index contributed by atoms with van der Waals surface area (Å²) >= 11 is 0. The number of carboxylic acid groups (broad SMARTS) is 1. The standard InChI is InChI=1S/C22H30FN3O5.Na/c1-13(2)26-19(10-9-17(28)11-18(29)12-20(30)31)21(15-5-7-16(23)8-6-15)24-22(26)25(4)14(3)27;/h5-8,13,17-18,28-29H,9-12H2,1-4H3,(H,30,31);/q;+1/p-1/t17-,18-;/m1./s1. The monoisotopic (exact) mass is 457 g/mol. The van der Waals surface area contributed by atoms with E-state index in [2.05, 4.69) is 4.98 Å². The first-order valence-electron chi connectivity index (χ1n) is 10.2. The number of hydrogen-bond acceptors (Lipinski definition) is 6. The van der Waals surface area contributed by atoms with Crippen molar-refractivity contribution in [1.82, 2.24) is 9.55 Å². The number of aromatic nitrogens is 2. The van der Waals surface area contributed by atoms with Gasteiger partial charge in [0.15, 0.2) is 0 Å². The predicted molar refractivity (Wildman–Crippen MR) is 112 cm³/mol. The maximum atomic E-state index is 13.4. The van der Waals surface area contributed by atoms with E-state index < -0.39 is 24.6 Å². The van der Waals surface area contributed by atoms with Gasteiger partial charge in [0.25, 0.3) is 0 Å². The zero-order valence-corrected chi connectivity index (χ0v) is 21.2. The van der Waals surface area contributed by atoms with Crippen LogP contribution < -0.4 is 39.6 Å². The molecule has 2 aromatic rings. The van der Waals surface area contributed by atoms with Crippen LogP contribution in [0.3, 0.4) is 0 Å². The number of nitrogens with zero attached hydrogens (tertiary/aromatic N) is 3. The Kier molecular flexibility index (Phi) is 11.0. The number of carboxylic acids is 1. The molecule has 170 valence electrons. The smallest absolute Gasteiger partial charge is 0.550 e. The van der Waals surface area contributed by atoms with Gasteiger partial charge in [-0.05, 0) is 57.4 Å². The van der Waals surface area contributed by atoms with E-state index in [1.807, 2.05) is 18.4 Å². The van der Waals surface area contributed by atoms with Crippen LogP contribution in [-0.2, 0) is 16.0 Å². The first-order valence-corrected chi connectivity index (χ1v) is 10.2. The molecule has 8 nitrogen and oxygen atoms in total. The van der Waals surface area contributed by atoms with Gasteiger partial charge < -0.3 is 24.7 Å². The molecule has 1 aromatic carbocycles. The molecule has 1 amide bonds. The van der Waals surface area contributed by atoms with Crippen LogP contribution in [0.5, 0.6) is 0 Å². The van der Waals surface area contributed by atoms with Crippen LogP contribution >= 0.6 is 0 Å². The van der Waals surface area contributed by atoms with E-state index in [0.29, 0.717) is 23.6 Å². The van der Waals surface area contributed by atoms with Gasteiger partial charge in [-0.25, -0.2) is 9.37 Å². The minimum Gasteiger partial charge on any atom is -0.550 e. The summed E-state index contributed by atoms with van der Waals surface area (Å²) in [7, 11) is 1.62. The Labute approximate surface area is 209 Å². The maximum absolute atomic E-state index is 13.4. The van der Waals surface area contributed by atoms with E-state index >= 15 is 0 Å². The Bertz CT molecular complexity index is 917. The summed E-state index contributed by atoms with van der Waals surface area (Å²) in [6.07, 6.45) is -2.21. The molecule has 0 aliphatic carbocycles. The van der Waals surface area contributed by atoms with Crippen LogP contribution in [0.4, 0.5) is 10.3 Å². The maximum Gasteiger partial charge on any atom is 1.00 e. The van der Waals surface area contributed by atoms with Gasteiger partial charge in [-0.1, -0.05) is 0 Å². The number of aliphatic hydroxyl groups excluding tert-OH is 2. The van der Waals surface area contributed by atoms with Crippen LogP contribution in [0.1, 0.15) is 51.8 Å². The number of imidazole rings is 1. The first kappa shape index (κ1) is 28.3. The van der Waals surface area contributed by atoms with Crippen LogP contribution in [0.25, 0.3) is 11.3 Å². The molecule has 2 atom stereocenters. The van der Waals surface area contributed by atoms with E-state index in [1.54, 1.807) is 19.2 Å². The number of aliphatic carboxylic acids is 1. The number of rotatable bonds is 10. The Morgan fingerprint density at radius 1 is 1.19 bits per heavy atom. The molecule has 0 fully saturated rings. The third-order valence-electron chi connectivity index (χ3n) is 5.06. The number of carbonyl (C=O) groups excluding carboxylic acids is 2. The van der Waals surface area contributed by atoms with E-state index in [9.17, 15) is 29.3 Å². The molecule has 32 heavy (non-hydrogen) atoms. The average molecular weight is 457 g/mol. The number of benzene rings is 1. The third kappa shape index (κ3) is 7.38. The number of anilines is 1.